The van der Waals surface area contributed by atoms with Gasteiger partial charge in [-0.05, 0) is 37.0 Å². The van der Waals surface area contributed by atoms with Crippen LogP contribution in [0.3, 0.4) is 0 Å². The summed E-state index contributed by atoms with van der Waals surface area (Å²) in [6.45, 7) is 4.32. The average Bonchev–Trinajstić information content (AvgIpc) is 2.37. The van der Waals surface area contributed by atoms with Gasteiger partial charge in [0.25, 0.3) is 5.91 Å². The average molecular weight is 272 g/mol. The van der Waals surface area contributed by atoms with Crippen LogP contribution in [0.4, 0.5) is 4.39 Å². The van der Waals surface area contributed by atoms with Gasteiger partial charge in [-0.25, -0.2) is 4.39 Å². The molecule has 0 aliphatic carbocycles. The molecule has 1 atom stereocenters. The maximum Gasteiger partial charge on any atom is 0.251 e. The maximum atomic E-state index is 13.3. The number of amides is 1. The maximum absolute atomic E-state index is 13.3. The molecule has 0 aliphatic heterocycles. The van der Waals surface area contributed by atoms with Crippen LogP contribution < -0.4 is 5.32 Å². The first-order chi connectivity index (χ1) is 8.58. The van der Waals surface area contributed by atoms with Gasteiger partial charge in [0.2, 0.25) is 0 Å². The highest BCUT2D eigenvalue weighted by atomic mass is 35.5. The Balaban J connectivity index is 2.57. The van der Waals surface area contributed by atoms with Crippen molar-refractivity contribution in [1.29, 1.82) is 0 Å². The van der Waals surface area contributed by atoms with Crippen LogP contribution in [0.2, 0.25) is 0 Å². The van der Waals surface area contributed by atoms with Crippen LogP contribution in [-0.2, 0) is 0 Å². The van der Waals surface area contributed by atoms with Gasteiger partial charge >= 0.3 is 0 Å². The molecule has 0 spiro atoms. The van der Waals surface area contributed by atoms with Gasteiger partial charge < -0.3 is 5.32 Å². The van der Waals surface area contributed by atoms with E-state index < -0.39 is 0 Å². The number of alkyl halides is 1. The van der Waals surface area contributed by atoms with Gasteiger partial charge in [-0.1, -0.05) is 19.4 Å². The summed E-state index contributed by atoms with van der Waals surface area (Å²) in [6, 6.07) is 4.52. The first-order valence-corrected chi connectivity index (χ1v) is 6.72. The fourth-order valence-electron chi connectivity index (χ4n) is 1.68. The number of hydrogen-bond acceptors (Lipinski definition) is 1. The topological polar surface area (TPSA) is 29.1 Å². The number of nitrogens with one attached hydrogen (secondary N) is 1. The van der Waals surface area contributed by atoms with E-state index in [4.69, 9.17) is 11.6 Å². The molecule has 18 heavy (non-hydrogen) atoms. The van der Waals surface area contributed by atoms with E-state index in [0.717, 1.165) is 12.8 Å². The van der Waals surface area contributed by atoms with Gasteiger partial charge in [0.15, 0.2) is 0 Å². The molecule has 0 aliphatic rings. The minimum atomic E-state index is -0.351. The Morgan fingerprint density at radius 1 is 1.50 bits per heavy atom. The third kappa shape index (κ3) is 4.30. The van der Waals surface area contributed by atoms with E-state index in [1.807, 2.05) is 0 Å². The molecule has 0 bridgehead atoms. The van der Waals surface area contributed by atoms with E-state index in [1.54, 1.807) is 19.1 Å². The molecule has 1 N–H and O–H groups in total. The van der Waals surface area contributed by atoms with E-state index in [9.17, 15) is 9.18 Å². The molecule has 1 amide bonds. The van der Waals surface area contributed by atoms with Crippen molar-refractivity contribution in [2.75, 3.05) is 12.4 Å². The Morgan fingerprint density at radius 3 is 2.78 bits per heavy atom. The van der Waals surface area contributed by atoms with Gasteiger partial charge in [0, 0.05) is 18.0 Å². The largest absolute Gasteiger partial charge is 0.352 e. The fraction of sp³-hybridized carbons (Fsp3) is 0.500. The van der Waals surface area contributed by atoms with Crippen LogP contribution in [0.1, 0.15) is 35.7 Å². The number of carbonyl (C=O) groups excluding carboxylic acids is 1. The van der Waals surface area contributed by atoms with Crippen molar-refractivity contribution >= 4 is 17.5 Å². The highest BCUT2D eigenvalue weighted by Crippen LogP contribution is 2.11. The van der Waals surface area contributed by atoms with Crippen molar-refractivity contribution < 1.29 is 9.18 Å². The summed E-state index contributed by atoms with van der Waals surface area (Å²) in [5.41, 5.74) is 0.902. The lowest BCUT2D eigenvalue weighted by Crippen LogP contribution is -2.29. The summed E-state index contributed by atoms with van der Waals surface area (Å²) >= 11 is 5.68. The SMILES string of the molecule is CCC(CCCl)CNC(=O)c1ccc(C)c(F)c1. The van der Waals surface area contributed by atoms with E-state index in [0.29, 0.717) is 29.5 Å². The molecule has 1 aromatic rings. The predicted molar refractivity (Wildman–Crippen MR) is 72.6 cm³/mol. The molecule has 0 saturated carbocycles. The Morgan fingerprint density at radius 2 is 2.22 bits per heavy atom. The van der Waals surface area contributed by atoms with Crippen LogP contribution in [0.25, 0.3) is 0 Å². The first-order valence-electron chi connectivity index (χ1n) is 6.18. The van der Waals surface area contributed by atoms with E-state index >= 15 is 0 Å². The molecule has 0 heterocycles. The monoisotopic (exact) mass is 271 g/mol. The number of aryl methyl sites for hydroxylation is 1. The quantitative estimate of drug-likeness (QED) is 0.788. The van der Waals surface area contributed by atoms with Crippen LogP contribution >= 0.6 is 11.6 Å². The number of halogens is 2. The number of carbonyl (C=O) groups is 1. The predicted octanol–water partition coefficient (Wildman–Crippen LogP) is 3.52. The zero-order chi connectivity index (χ0) is 13.5. The Labute approximate surface area is 113 Å². The van der Waals surface area contributed by atoms with E-state index in [-0.39, 0.29) is 11.7 Å². The highest BCUT2D eigenvalue weighted by molar-refractivity contribution is 6.17. The third-order valence-corrected chi connectivity index (χ3v) is 3.30. The van der Waals surface area contributed by atoms with Crippen molar-refractivity contribution in [3.8, 4) is 0 Å². The van der Waals surface area contributed by atoms with E-state index in [1.165, 1.54) is 6.07 Å². The summed E-state index contributed by atoms with van der Waals surface area (Å²) in [4.78, 5) is 11.8. The molecular formula is C14H19ClFNO. The molecule has 2 nitrogen and oxygen atoms in total. The first kappa shape index (κ1) is 15.0. The third-order valence-electron chi connectivity index (χ3n) is 3.08. The fourth-order valence-corrected chi connectivity index (χ4v) is 1.99. The van der Waals surface area contributed by atoms with Crippen LogP contribution in [-0.4, -0.2) is 18.3 Å². The van der Waals surface area contributed by atoms with Crippen molar-refractivity contribution in [3.05, 3.63) is 35.1 Å². The number of hydrogen-bond donors (Lipinski definition) is 1. The summed E-state index contributed by atoms with van der Waals surface area (Å²) < 4.78 is 13.3. The van der Waals surface area contributed by atoms with Gasteiger partial charge in [0.1, 0.15) is 5.82 Å². The molecule has 1 unspecified atom stereocenters. The lowest BCUT2D eigenvalue weighted by molar-refractivity contribution is 0.0946. The Bertz CT molecular complexity index is 409. The molecule has 0 fully saturated rings. The van der Waals surface area contributed by atoms with Crippen LogP contribution in [0.15, 0.2) is 18.2 Å². The summed E-state index contributed by atoms with van der Waals surface area (Å²) in [5, 5.41) is 2.82. The number of benzene rings is 1. The Kier molecular flexibility index (Phi) is 6.13. The zero-order valence-electron chi connectivity index (χ0n) is 10.8. The molecule has 0 radical (unpaired) electrons. The summed E-state index contributed by atoms with van der Waals surface area (Å²) in [6.07, 6.45) is 1.84. The smallest absolute Gasteiger partial charge is 0.251 e. The highest BCUT2D eigenvalue weighted by Gasteiger charge is 2.11. The van der Waals surface area contributed by atoms with Gasteiger partial charge in [-0.3, -0.25) is 4.79 Å². The van der Waals surface area contributed by atoms with Gasteiger partial charge in [0.05, 0.1) is 0 Å². The number of rotatable bonds is 6. The molecule has 100 valence electrons. The summed E-state index contributed by atoms with van der Waals surface area (Å²) in [7, 11) is 0. The minimum absolute atomic E-state index is 0.234. The van der Waals surface area contributed by atoms with Crippen molar-refractivity contribution in [3.63, 3.8) is 0 Å². The molecule has 0 saturated heterocycles. The molecule has 0 aromatic heterocycles. The normalized spacial score (nSPS) is 12.2. The van der Waals surface area contributed by atoms with Crippen LogP contribution in [0, 0.1) is 18.7 Å². The zero-order valence-corrected chi connectivity index (χ0v) is 11.6. The molecule has 4 heteroatoms. The van der Waals surface area contributed by atoms with Crippen molar-refractivity contribution in [2.24, 2.45) is 5.92 Å². The lowest BCUT2D eigenvalue weighted by Gasteiger charge is -2.14. The lowest BCUT2D eigenvalue weighted by atomic mass is 10.0. The van der Waals surface area contributed by atoms with Crippen LogP contribution in [0.5, 0.6) is 0 Å². The van der Waals surface area contributed by atoms with Crippen molar-refractivity contribution in [1.82, 2.24) is 5.32 Å². The molecule has 1 rings (SSSR count). The standard InChI is InChI=1S/C14H19ClFNO/c1-3-11(6-7-15)9-17-14(18)12-5-4-10(2)13(16)8-12/h4-5,8,11H,3,6-7,9H2,1-2H3,(H,17,18). The second-order valence-electron chi connectivity index (χ2n) is 4.43. The molecular weight excluding hydrogens is 253 g/mol. The van der Waals surface area contributed by atoms with E-state index in [2.05, 4.69) is 12.2 Å². The van der Waals surface area contributed by atoms with Gasteiger partial charge in [-0.15, -0.1) is 11.6 Å². The summed E-state index contributed by atoms with van der Waals surface area (Å²) in [5.74, 6) is 0.382. The second-order valence-corrected chi connectivity index (χ2v) is 4.80. The minimum Gasteiger partial charge on any atom is -0.352 e. The second kappa shape index (κ2) is 7.37. The Hall–Kier alpha value is -1.09. The van der Waals surface area contributed by atoms with Gasteiger partial charge in [-0.2, -0.15) is 0 Å². The van der Waals surface area contributed by atoms with Crippen molar-refractivity contribution in [2.45, 2.75) is 26.7 Å². The molecule has 1 aromatic carbocycles.